The molecule has 0 aliphatic heterocycles. The molecule has 0 N–H and O–H groups in total. The summed E-state index contributed by atoms with van der Waals surface area (Å²) in [6.45, 7) is 0. The van der Waals surface area contributed by atoms with E-state index < -0.39 is 0 Å². The Morgan fingerprint density at radius 2 is 1.67 bits per heavy atom. The second-order valence-corrected chi connectivity index (χ2v) is 6.70. The molecule has 21 heavy (non-hydrogen) atoms. The summed E-state index contributed by atoms with van der Waals surface area (Å²) in [5, 5.41) is 0. The first-order valence-corrected chi connectivity index (χ1v) is 8.40. The van der Waals surface area contributed by atoms with E-state index in [4.69, 9.17) is 0 Å². The number of aryl methyl sites for hydroxylation is 1. The highest BCUT2D eigenvalue weighted by Crippen LogP contribution is 2.52. The van der Waals surface area contributed by atoms with E-state index in [1.165, 1.54) is 50.5 Å². The van der Waals surface area contributed by atoms with Gasteiger partial charge >= 0.3 is 0 Å². The molecule has 0 amide bonds. The van der Waals surface area contributed by atoms with E-state index in [1.807, 2.05) is 12.4 Å². The van der Waals surface area contributed by atoms with E-state index in [9.17, 15) is 0 Å². The Kier molecular flexibility index (Phi) is 3.29. The molecule has 1 saturated carbocycles. The Balaban J connectivity index is 1.93. The van der Waals surface area contributed by atoms with Crippen LogP contribution in [0.15, 0.2) is 48.8 Å². The van der Waals surface area contributed by atoms with Crippen LogP contribution in [0.1, 0.15) is 55.2 Å². The Labute approximate surface area is 127 Å². The normalized spacial score (nSPS) is 25.7. The van der Waals surface area contributed by atoms with Crippen LogP contribution in [0.2, 0.25) is 0 Å². The van der Waals surface area contributed by atoms with Gasteiger partial charge in [-0.1, -0.05) is 37.1 Å². The molecule has 2 aliphatic carbocycles. The van der Waals surface area contributed by atoms with Gasteiger partial charge in [0.2, 0.25) is 0 Å². The molecule has 1 heterocycles. The Hall–Kier alpha value is -1.63. The highest BCUT2D eigenvalue weighted by molar-refractivity contribution is 5.46. The lowest BCUT2D eigenvalue weighted by Gasteiger charge is -2.44. The van der Waals surface area contributed by atoms with Crippen molar-refractivity contribution in [1.29, 1.82) is 0 Å². The van der Waals surface area contributed by atoms with Crippen molar-refractivity contribution in [2.24, 2.45) is 5.92 Å². The number of pyridine rings is 1. The van der Waals surface area contributed by atoms with Gasteiger partial charge in [-0.2, -0.15) is 0 Å². The Bertz CT molecular complexity index is 613. The highest BCUT2D eigenvalue weighted by Gasteiger charge is 2.45. The molecule has 2 aromatic rings. The number of fused-ring (bicyclic) bond motifs is 1. The van der Waals surface area contributed by atoms with Gasteiger partial charge in [0.05, 0.1) is 0 Å². The predicted octanol–water partition coefficient (Wildman–Crippen LogP) is 4.89. The Morgan fingerprint density at radius 1 is 0.905 bits per heavy atom. The van der Waals surface area contributed by atoms with Crippen LogP contribution in [-0.4, -0.2) is 4.98 Å². The molecule has 0 radical (unpaired) electrons. The van der Waals surface area contributed by atoms with Crippen molar-refractivity contribution < 1.29 is 0 Å². The number of aromatic nitrogens is 1. The molecule has 0 spiro atoms. The molecule has 4 rings (SSSR count). The average molecular weight is 277 g/mol. The summed E-state index contributed by atoms with van der Waals surface area (Å²) in [5.74, 6) is 0.807. The first-order chi connectivity index (χ1) is 10.4. The third-order valence-corrected chi connectivity index (χ3v) is 5.76. The Morgan fingerprint density at radius 3 is 2.48 bits per heavy atom. The van der Waals surface area contributed by atoms with E-state index >= 15 is 0 Å². The molecule has 1 nitrogen and oxygen atoms in total. The summed E-state index contributed by atoms with van der Waals surface area (Å²) in [4.78, 5) is 4.25. The summed E-state index contributed by atoms with van der Waals surface area (Å²) >= 11 is 0. The van der Waals surface area contributed by atoms with Gasteiger partial charge in [-0.3, -0.25) is 4.98 Å². The summed E-state index contributed by atoms with van der Waals surface area (Å²) < 4.78 is 0. The summed E-state index contributed by atoms with van der Waals surface area (Å²) in [5.41, 5.74) is 4.92. The minimum atomic E-state index is 0.244. The van der Waals surface area contributed by atoms with Gasteiger partial charge < -0.3 is 0 Å². The van der Waals surface area contributed by atoms with Crippen LogP contribution in [-0.2, 0) is 11.8 Å². The molecular weight excluding hydrogens is 254 g/mol. The van der Waals surface area contributed by atoms with Crippen LogP contribution in [0.4, 0.5) is 0 Å². The van der Waals surface area contributed by atoms with Crippen molar-refractivity contribution in [1.82, 2.24) is 4.98 Å². The van der Waals surface area contributed by atoms with E-state index in [-0.39, 0.29) is 5.41 Å². The SMILES string of the molecule is c1ccc2c(c1)CCCC2(c1ccncc1)C1CCCC1. The minimum Gasteiger partial charge on any atom is -0.265 e. The maximum absolute atomic E-state index is 4.25. The lowest BCUT2D eigenvalue weighted by atomic mass is 9.59. The van der Waals surface area contributed by atoms with E-state index in [0.717, 1.165) is 5.92 Å². The molecule has 1 aromatic heterocycles. The lowest BCUT2D eigenvalue weighted by Crippen LogP contribution is -2.38. The van der Waals surface area contributed by atoms with Gasteiger partial charge in [-0.05, 0) is 66.8 Å². The number of nitrogens with zero attached hydrogens (tertiary/aromatic N) is 1. The summed E-state index contributed by atoms with van der Waals surface area (Å²) in [7, 11) is 0. The fourth-order valence-corrected chi connectivity index (χ4v) is 4.89. The largest absolute Gasteiger partial charge is 0.265 e. The minimum absolute atomic E-state index is 0.244. The summed E-state index contributed by atoms with van der Waals surface area (Å²) in [6, 6.07) is 13.7. The van der Waals surface area contributed by atoms with Crippen molar-refractivity contribution in [3.8, 4) is 0 Å². The van der Waals surface area contributed by atoms with Crippen LogP contribution in [0.25, 0.3) is 0 Å². The topological polar surface area (TPSA) is 12.9 Å². The maximum Gasteiger partial charge on any atom is 0.0270 e. The van der Waals surface area contributed by atoms with E-state index in [1.54, 1.807) is 11.1 Å². The smallest absolute Gasteiger partial charge is 0.0270 e. The number of benzene rings is 1. The zero-order chi connectivity index (χ0) is 14.1. The molecule has 1 fully saturated rings. The van der Waals surface area contributed by atoms with E-state index in [2.05, 4.69) is 41.4 Å². The quantitative estimate of drug-likeness (QED) is 0.761. The van der Waals surface area contributed by atoms with Crippen LogP contribution < -0.4 is 0 Å². The average Bonchev–Trinajstić information content (AvgIpc) is 3.10. The van der Waals surface area contributed by atoms with Crippen LogP contribution in [0, 0.1) is 5.92 Å². The fourth-order valence-electron chi connectivity index (χ4n) is 4.89. The molecule has 1 atom stereocenters. The second-order valence-electron chi connectivity index (χ2n) is 6.70. The maximum atomic E-state index is 4.25. The zero-order valence-electron chi connectivity index (χ0n) is 12.6. The first-order valence-electron chi connectivity index (χ1n) is 8.40. The van der Waals surface area contributed by atoms with Crippen molar-refractivity contribution >= 4 is 0 Å². The standard InChI is InChI=1S/C20H23N/c1-4-10-19-16(6-1)7-5-13-20(19,17-8-2-3-9-17)18-11-14-21-15-12-18/h1,4,6,10-12,14-15,17H,2-3,5,7-9,13H2. The molecule has 1 unspecified atom stereocenters. The number of rotatable bonds is 2. The van der Waals surface area contributed by atoms with Gasteiger partial charge in [0.15, 0.2) is 0 Å². The fraction of sp³-hybridized carbons (Fsp3) is 0.450. The van der Waals surface area contributed by atoms with Gasteiger partial charge in [0, 0.05) is 17.8 Å². The molecule has 2 aliphatic rings. The van der Waals surface area contributed by atoms with Crippen molar-refractivity contribution in [2.45, 2.75) is 50.4 Å². The van der Waals surface area contributed by atoms with Gasteiger partial charge in [0.1, 0.15) is 0 Å². The van der Waals surface area contributed by atoms with Crippen molar-refractivity contribution in [3.05, 3.63) is 65.5 Å². The van der Waals surface area contributed by atoms with Crippen LogP contribution in [0.3, 0.4) is 0 Å². The van der Waals surface area contributed by atoms with Crippen LogP contribution >= 0.6 is 0 Å². The summed E-state index contributed by atoms with van der Waals surface area (Å²) in [6.07, 6.45) is 13.4. The van der Waals surface area contributed by atoms with E-state index in [0.29, 0.717) is 0 Å². The number of hydrogen-bond donors (Lipinski definition) is 0. The van der Waals surface area contributed by atoms with Gasteiger partial charge in [-0.15, -0.1) is 0 Å². The monoisotopic (exact) mass is 277 g/mol. The zero-order valence-corrected chi connectivity index (χ0v) is 12.6. The molecule has 1 heteroatoms. The molecule has 0 bridgehead atoms. The van der Waals surface area contributed by atoms with Crippen molar-refractivity contribution in [2.75, 3.05) is 0 Å². The molecular formula is C20H23N. The third kappa shape index (κ3) is 2.02. The third-order valence-electron chi connectivity index (χ3n) is 5.76. The van der Waals surface area contributed by atoms with Gasteiger partial charge in [-0.25, -0.2) is 0 Å². The molecule has 108 valence electrons. The molecule has 1 aromatic carbocycles. The highest BCUT2D eigenvalue weighted by atomic mass is 14.6. The molecule has 0 saturated heterocycles. The second kappa shape index (κ2) is 5.29. The predicted molar refractivity (Wildman–Crippen MR) is 86.4 cm³/mol. The number of hydrogen-bond acceptors (Lipinski definition) is 1. The van der Waals surface area contributed by atoms with Crippen LogP contribution in [0.5, 0.6) is 0 Å². The lowest BCUT2D eigenvalue weighted by molar-refractivity contribution is 0.284. The first kappa shape index (κ1) is 13.1. The van der Waals surface area contributed by atoms with Crippen molar-refractivity contribution in [3.63, 3.8) is 0 Å². The van der Waals surface area contributed by atoms with Gasteiger partial charge in [0.25, 0.3) is 0 Å².